The van der Waals surface area contributed by atoms with E-state index >= 15 is 0 Å². The van der Waals surface area contributed by atoms with Crippen LogP contribution in [0.2, 0.25) is 0 Å². The standard InChI is InChI=1S/C19H18N4O2/c1-2-10-25-18-8-4-3-7-17(18)19(24)22-16-12-21-23(14-16)13-15-6-5-9-20-11-15/h2-9,11-12,14H,1,10,13H2,(H,22,24). The number of para-hydroxylation sites is 1. The monoisotopic (exact) mass is 334 g/mol. The summed E-state index contributed by atoms with van der Waals surface area (Å²) in [7, 11) is 0. The summed E-state index contributed by atoms with van der Waals surface area (Å²) in [5, 5.41) is 7.10. The Morgan fingerprint density at radius 3 is 2.92 bits per heavy atom. The Balaban J connectivity index is 1.69. The maximum absolute atomic E-state index is 12.5. The number of rotatable bonds is 7. The van der Waals surface area contributed by atoms with Gasteiger partial charge in [-0.3, -0.25) is 14.5 Å². The topological polar surface area (TPSA) is 69.0 Å². The fourth-order valence-electron chi connectivity index (χ4n) is 2.32. The van der Waals surface area contributed by atoms with Gasteiger partial charge >= 0.3 is 0 Å². The molecular formula is C19H18N4O2. The maximum atomic E-state index is 12.5. The van der Waals surface area contributed by atoms with Gasteiger partial charge in [0.15, 0.2) is 0 Å². The van der Waals surface area contributed by atoms with Gasteiger partial charge in [-0.2, -0.15) is 5.10 Å². The SMILES string of the molecule is C=CCOc1ccccc1C(=O)Nc1cnn(Cc2cccnc2)c1. The molecule has 6 nitrogen and oxygen atoms in total. The molecule has 0 aliphatic rings. The number of hydrogen-bond acceptors (Lipinski definition) is 4. The van der Waals surface area contributed by atoms with Crippen LogP contribution in [0.4, 0.5) is 5.69 Å². The van der Waals surface area contributed by atoms with Gasteiger partial charge in [-0.25, -0.2) is 0 Å². The summed E-state index contributed by atoms with van der Waals surface area (Å²) in [6.45, 7) is 4.54. The largest absolute Gasteiger partial charge is 0.489 e. The number of hydrogen-bond donors (Lipinski definition) is 1. The third kappa shape index (κ3) is 4.32. The second-order valence-corrected chi connectivity index (χ2v) is 5.34. The first-order chi connectivity index (χ1) is 12.3. The zero-order valence-electron chi connectivity index (χ0n) is 13.6. The number of carbonyl (C=O) groups is 1. The summed E-state index contributed by atoms with van der Waals surface area (Å²) in [5.41, 5.74) is 2.11. The van der Waals surface area contributed by atoms with Crippen molar-refractivity contribution in [3.8, 4) is 5.75 Å². The average molecular weight is 334 g/mol. The molecule has 3 aromatic rings. The molecule has 0 atom stereocenters. The number of pyridine rings is 1. The number of anilines is 1. The molecule has 2 aromatic heterocycles. The second-order valence-electron chi connectivity index (χ2n) is 5.34. The fourth-order valence-corrected chi connectivity index (χ4v) is 2.32. The molecule has 25 heavy (non-hydrogen) atoms. The van der Waals surface area contributed by atoms with Gasteiger partial charge in [0.25, 0.3) is 5.91 Å². The zero-order valence-corrected chi connectivity index (χ0v) is 13.6. The van der Waals surface area contributed by atoms with Crippen molar-refractivity contribution in [2.24, 2.45) is 0 Å². The summed E-state index contributed by atoms with van der Waals surface area (Å²) in [4.78, 5) is 16.6. The average Bonchev–Trinajstić information content (AvgIpc) is 3.07. The molecule has 0 unspecified atom stereocenters. The minimum Gasteiger partial charge on any atom is -0.489 e. The van der Waals surface area contributed by atoms with Gasteiger partial charge in [0.05, 0.1) is 24.0 Å². The van der Waals surface area contributed by atoms with E-state index in [4.69, 9.17) is 4.74 Å². The van der Waals surface area contributed by atoms with Crippen LogP contribution in [0.3, 0.4) is 0 Å². The summed E-state index contributed by atoms with van der Waals surface area (Å²) in [6, 6.07) is 10.9. The van der Waals surface area contributed by atoms with E-state index in [1.54, 1.807) is 53.7 Å². The number of aromatic nitrogens is 3. The number of amides is 1. The lowest BCUT2D eigenvalue weighted by Crippen LogP contribution is -2.13. The van der Waals surface area contributed by atoms with E-state index in [0.29, 0.717) is 30.2 Å². The van der Waals surface area contributed by atoms with Gasteiger partial charge in [0, 0.05) is 18.6 Å². The molecule has 3 rings (SSSR count). The van der Waals surface area contributed by atoms with Gasteiger partial charge < -0.3 is 10.1 Å². The first kappa shape index (κ1) is 16.4. The van der Waals surface area contributed by atoms with E-state index in [0.717, 1.165) is 5.56 Å². The van der Waals surface area contributed by atoms with Gasteiger partial charge in [-0.1, -0.05) is 30.9 Å². The molecule has 0 spiro atoms. The van der Waals surface area contributed by atoms with Gasteiger partial charge in [0.2, 0.25) is 0 Å². The number of nitrogens with one attached hydrogen (secondary N) is 1. The molecule has 1 N–H and O–H groups in total. The quantitative estimate of drug-likeness (QED) is 0.674. The fraction of sp³-hybridized carbons (Fsp3) is 0.105. The molecule has 0 saturated heterocycles. The highest BCUT2D eigenvalue weighted by molar-refractivity contribution is 6.06. The molecule has 0 radical (unpaired) electrons. The third-order valence-electron chi connectivity index (χ3n) is 3.45. The third-order valence-corrected chi connectivity index (χ3v) is 3.45. The van der Waals surface area contributed by atoms with E-state index in [9.17, 15) is 4.79 Å². The Kier molecular flexibility index (Phi) is 5.21. The first-order valence-corrected chi connectivity index (χ1v) is 7.81. The number of carbonyl (C=O) groups excluding carboxylic acids is 1. The van der Waals surface area contributed by atoms with Crippen molar-refractivity contribution in [2.75, 3.05) is 11.9 Å². The van der Waals surface area contributed by atoms with E-state index in [1.807, 2.05) is 18.2 Å². The molecular weight excluding hydrogens is 316 g/mol. The van der Waals surface area contributed by atoms with Crippen LogP contribution in [0, 0.1) is 0 Å². The molecule has 0 aliphatic heterocycles. The van der Waals surface area contributed by atoms with Crippen LogP contribution in [-0.2, 0) is 6.54 Å². The highest BCUT2D eigenvalue weighted by atomic mass is 16.5. The minimum absolute atomic E-state index is 0.249. The van der Waals surface area contributed by atoms with Crippen molar-refractivity contribution in [3.05, 3.63) is 85.0 Å². The van der Waals surface area contributed by atoms with E-state index < -0.39 is 0 Å². The van der Waals surface area contributed by atoms with Crippen molar-refractivity contribution in [2.45, 2.75) is 6.54 Å². The Labute approximate surface area is 145 Å². The Bertz CT molecular complexity index is 859. The highest BCUT2D eigenvalue weighted by Gasteiger charge is 2.13. The Morgan fingerprint density at radius 2 is 2.12 bits per heavy atom. The molecule has 6 heteroatoms. The lowest BCUT2D eigenvalue weighted by molar-refractivity contribution is 0.102. The van der Waals surface area contributed by atoms with Crippen LogP contribution in [-0.4, -0.2) is 27.3 Å². The van der Waals surface area contributed by atoms with Gasteiger partial charge in [-0.15, -0.1) is 0 Å². The smallest absolute Gasteiger partial charge is 0.259 e. The summed E-state index contributed by atoms with van der Waals surface area (Å²) < 4.78 is 7.27. The predicted molar refractivity (Wildman–Crippen MR) is 95.7 cm³/mol. The lowest BCUT2D eigenvalue weighted by atomic mass is 10.2. The summed E-state index contributed by atoms with van der Waals surface area (Å²) in [6.07, 6.45) is 8.54. The number of nitrogens with zero attached hydrogens (tertiary/aromatic N) is 3. The Hall–Kier alpha value is -3.41. The maximum Gasteiger partial charge on any atom is 0.259 e. The van der Waals surface area contributed by atoms with Crippen LogP contribution >= 0.6 is 0 Å². The van der Waals surface area contributed by atoms with Crippen LogP contribution in [0.1, 0.15) is 15.9 Å². The first-order valence-electron chi connectivity index (χ1n) is 7.81. The van der Waals surface area contributed by atoms with E-state index in [1.165, 1.54) is 0 Å². The van der Waals surface area contributed by atoms with Gasteiger partial charge in [-0.05, 0) is 23.8 Å². The second kappa shape index (κ2) is 7.92. The minimum atomic E-state index is -0.249. The van der Waals surface area contributed by atoms with Crippen LogP contribution in [0.15, 0.2) is 73.8 Å². The number of benzene rings is 1. The zero-order chi connectivity index (χ0) is 17.5. The molecule has 126 valence electrons. The van der Waals surface area contributed by atoms with E-state index in [2.05, 4.69) is 22.0 Å². The van der Waals surface area contributed by atoms with Crippen molar-refractivity contribution < 1.29 is 9.53 Å². The normalized spacial score (nSPS) is 10.2. The Morgan fingerprint density at radius 1 is 1.24 bits per heavy atom. The molecule has 0 saturated carbocycles. The summed E-state index contributed by atoms with van der Waals surface area (Å²) in [5.74, 6) is 0.267. The van der Waals surface area contributed by atoms with Crippen LogP contribution in [0.25, 0.3) is 0 Å². The molecule has 0 fully saturated rings. The number of ether oxygens (including phenoxy) is 1. The lowest BCUT2D eigenvalue weighted by Gasteiger charge is -2.09. The van der Waals surface area contributed by atoms with Crippen LogP contribution < -0.4 is 10.1 Å². The van der Waals surface area contributed by atoms with Crippen molar-refractivity contribution >= 4 is 11.6 Å². The molecule has 0 bridgehead atoms. The highest BCUT2D eigenvalue weighted by Crippen LogP contribution is 2.19. The molecule has 2 heterocycles. The van der Waals surface area contributed by atoms with Crippen LogP contribution in [0.5, 0.6) is 5.75 Å². The van der Waals surface area contributed by atoms with Crippen molar-refractivity contribution in [1.29, 1.82) is 0 Å². The van der Waals surface area contributed by atoms with Gasteiger partial charge in [0.1, 0.15) is 12.4 Å². The molecule has 1 amide bonds. The summed E-state index contributed by atoms with van der Waals surface area (Å²) >= 11 is 0. The van der Waals surface area contributed by atoms with Crippen molar-refractivity contribution in [1.82, 2.24) is 14.8 Å². The molecule has 0 aliphatic carbocycles. The van der Waals surface area contributed by atoms with Crippen molar-refractivity contribution in [3.63, 3.8) is 0 Å². The van der Waals surface area contributed by atoms with E-state index in [-0.39, 0.29) is 5.91 Å². The predicted octanol–water partition coefficient (Wildman–Crippen LogP) is 3.14. The molecule has 1 aromatic carbocycles.